The van der Waals surface area contributed by atoms with Crippen LogP contribution in [-0.2, 0) is 4.79 Å². The molecule has 1 heterocycles. The van der Waals surface area contributed by atoms with Crippen LogP contribution < -0.4 is 0 Å². The molecule has 1 unspecified atom stereocenters. The summed E-state index contributed by atoms with van der Waals surface area (Å²) in [6, 6.07) is 7.13. The van der Waals surface area contributed by atoms with Gasteiger partial charge in [0.25, 0.3) is 0 Å². The van der Waals surface area contributed by atoms with E-state index in [1.54, 1.807) is 0 Å². The first-order chi connectivity index (χ1) is 6.27. The van der Waals surface area contributed by atoms with Crippen LogP contribution in [0.1, 0.15) is 18.0 Å². The van der Waals surface area contributed by atoms with Crippen LogP contribution in [0.15, 0.2) is 34.5 Å². The lowest BCUT2D eigenvalue weighted by Gasteiger charge is -2.02. The Morgan fingerprint density at radius 3 is 3.00 bits per heavy atom. The lowest BCUT2D eigenvalue weighted by Crippen LogP contribution is -2.01. The summed E-state index contributed by atoms with van der Waals surface area (Å²) in [6.45, 7) is 0. The van der Waals surface area contributed by atoms with E-state index in [9.17, 15) is 4.79 Å². The van der Waals surface area contributed by atoms with Crippen molar-refractivity contribution < 1.29 is 9.90 Å². The molecule has 1 aliphatic heterocycles. The summed E-state index contributed by atoms with van der Waals surface area (Å²) in [6.07, 6.45) is 0.0144. The van der Waals surface area contributed by atoms with E-state index in [1.807, 2.05) is 24.3 Å². The molecule has 0 saturated carbocycles. The molecule has 2 rings (SSSR count). The molecule has 66 valence electrons. The van der Waals surface area contributed by atoms with Gasteiger partial charge in [-0.2, -0.15) is 10.2 Å². The molecule has 0 saturated heterocycles. The monoisotopic (exact) mass is 176 g/mol. The van der Waals surface area contributed by atoms with Crippen molar-refractivity contribution in [2.24, 2.45) is 10.2 Å². The maximum atomic E-state index is 10.5. The first kappa shape index (κ1) is 7.91. The lowest BCUT2D eigenvalue weighted by molar-refractivity contribution is -0.137. The smallest absolute Gasteiger partial charge is 0.305 e. The van der Waals surface area contributed by atoms with Crippen LogP contribution in [0.2, 0.25) is 0 Å². The van der Waals surface area contributed by atoms with Gasteiger partial charge in [-0.1, -0.05) is 18.2 Å². The predicted molar refractivity (Wildman–Crippen MR) is 46.0 cm³/mol. The van der Waals surface area contributed by atoms with Gasteiger partial charge in [-0.05, 0) is 6.07 Å². The highest BCUT2D eigenvalue weighted by atomic mass is 16.4. The summed E-state index contributed by atoms with van der Waals surface area (Å²) in [5, 5.41) is 16.4. The van der Waals surface area contributed by atoms with E-state index in [-0.39, 0.29) is 12.5 Å². The minimum atomic E-state index is -0.847. The lowest BCUT2D eigenvalue weighted by atomic mass is 10.0. The van der Waals surface area contributed by atoms with Gasteiger partial charge in [0.15, 0.2) is 0 Å². The van der Waals surface area contributed by atoms with E-state index >= 15 is 0 Å². The number of hydrogen-bond donors (Lipinski definition) is 1. The number of carbonyl (C=O) groups is 1. The van der Waals surface area contributed by atoms with E-state index in [2.05, 4.69) is 10.2 Å². The number of carboxylic acids is 1. The molecular weight excluding hydrogens is 168 g/mol. The molecule has 1 aliphatic rings. The fraction of sp³-hybridized carbons (Fsp3) is 0.222. The molecular formula is C9H8N2O2. The molecule has 0 spiro atoms. The van der Waals surface area contributed by atoms with Crippen molar-refractivity contribution in [2.45, 2.75) is 12.5 Å². The minimum Gasteiger partial charge on any atom is -0.481 e. The van der Waals surface area contributed by atoms with Gasteiger partial charge in [-0.3, -0.25) is 4.79 Å². The molecule has 13 heavy (non-hydrogen) atoms. The molecule has 0 radical (unpaired) electrons. The summed E-state index contributed by atoms with van der Waals surface area (Å²) < 4.78 is 0. The van der Waals surface area contributed by atoms with Gasteiger partial charge in [0, 0.05) is 5.56 Å². The number of carboxylic acid groups (broad SMARTS) is 1. The molecule has 0 aliphatic carbocycles. The average Bonchev–Trinajstić information content (AvgIpc) is 2.48. The van der Waals surface area contributed by atoms with E-state index in [0.29, 0.717) is 0 Å². The summed E-state index contributed by atoms with van der Waals surface area (Å²) in [5.41, 5.74) is 1.69. The van der Waals surface area contributed by atoms with Crippen molar-refractivity contribution in [3.05, 3.63) is 29.8 Å². The molecule has 0 aromatic heterocycles. The van der Waals surface area contributed by atoms with E-state index in [0.717, 1.165) is 11.3 Å². The normalized spacial score (nSPS) is 18.6. The second-order valence-corrected chi connectivity index (χ2v) is 2.89. The van der Waals surface area contributed by atoms with Crippen molar-refractivity contribution in [1.82, 2.24) is 0 Å². The Hall–Kier alpha value is -1.71. The summed E-state index contributed by atoms with van der Waals surface area (Å²) in [4.78, 5) is 10.5. The quantitative estimate of drug-likeness (QED) is 0.751. The van der Waals surface area contributed by atoms with Crippen molar-refractivity contribution in [3.63, 3.8) is 0 Å². The third kappa shape index (κ3) is 1.42. The van der Waals surface area contributed by atoms with Gasteiger partial charge in [0.2, 0.25) is 0 Å². The third-order valence-electron chi connectivity index (χ3n) is 1.97. The Kier molecular flexibility index (Phi) is 1.81. The molecule has 0 amide bonds. The van der Waals surface area contributed by atoms with E-state index in [1.165, 1.54) is 0 Å². The predicted octanol–water partition coefficient (Wildman–Crippen LogP) is 2.30. The van der Waals surface area contributed by atoms with Gasteiger partial charge in [0.05, 0.1) is 12.1 Å². The fourth-order valence-corrected chi connectivity index (χ4v) is 1.37. The number of fused-ring (bicyclic) bond motifs is 1. The number of rotatable bonds is 2. The molecule has 1 atom stereocenters. The number of nitrogens with zero attached hydrogens (tertiary/aromatic N) is 2. The van der Waals surface area contributed by atoms with Gasteiger partial charge in [0.1, 0.15) is 6.04 Å². The first-order valence-electron chi connectivity index (χ1n) is 3.99. The average molecular weight is 176 g/mol. The fourth-order valence-electron chi connectivity index (χ4n) is 1.37. The Bertz CT molecular complexity index is 374. The summed E-state index contributed by atoms with van der Waals surface area (Å²) in [7, 11) is 0. The Morgan fingerprint density at radius 2 is 2.23 bits per heavy atom. The number of azo groups is 1. The second kappa shape index (κ2) is 2.97. The summed E-state index contributed by atoms with van der Waals surface area (Å²) >= 11 is 0. The molecule has 0 fully saturated rings. The zero-order chi connectivity index (χ0) is 9.26. The maximum Gasteiger partial charge on any atom is 0.305 e. The molecule has 4 nitrogen and oxygen atoms in total. The van der Waals surface area contributed by atoms with E-state index in [4.69, 9.17) is 5.11 Å². The van der Waals surface area contributed by atoms with Crippen molar-refractivity contribution in [3.8, 4) is 0 Å². The van der Waals surface area contributed by atoms with Gasteiger partial charge in [-0.25, -0.2) is 0 Å². The first-order valence-corrected chi connectivity index (χ1v) is 3.99. The van der Waals surface area contributed by atoms with Gasteiger partial charge < -0.3 is 5.11 Å². The molecule has 1 aromatic carbocycles. The Labute approximate surface area is 74.9 Å². The topological polar surface area (TPSA) is 62.0 Å². The maximum absolute atomic E-state index is 10.5. The van der Waals surface area contributed by atoms with Gasteiger partial charge >= 0.3 is 5.97 Å². The highest BCUT2D eigenvalue weighted by molar-refractivity contribution is 5.69. The molecule has 1 aromatic rings. The van der Waals surface area contributed by atoms with Crippen molar-refractivity contribution in [2.75, 3.05) is 0 Å². The third-order valence-corrected chi connectivity index (χ3v) is 1.97. The van der Waals surface area contributed by atoms with Crippen LogP contribution >= 0.6 is 0 Å². The van der Waals surface area contributed by atoms with Crippen LogP contribution in [0.5, 0.6) is 0 Å². The highest BCUT2D eigenvalue weighted by Crippen LogP contribution is 2.36. The molecule has 0 bridgehead atoms. The summed E-state index contributed by atoms with van der Waals surface area (Å²) in [5.74, 6) is -0.847. The number of hydrogen-bond acceptors (Lipinski definition) is 3. The van der Waals surface area contributed by atoms with E-state index < -0.39 is 5.97 Å². The van der Waals surface area contributed by atoms with Gasteiger partial charge in [-0.15, -0.1) is 0 Å². The largest absolute Gasteiger partial charge is 0.481 e. The van der Waals surface area contributed by atoms with Crippen LogP contribution in [0.3, 0.4) is 0 Å². The zero-order valence-electron chi connectivity index (χ0n) is 6.84. The standard InChI is InChI=1S/C9H8N2O2/c12-9(13)5-8-6-3-1-2-4-7(6)10-11-8/h1-4,8H,5H2,(H,12,13). The molecule has 4 heteroatoms. The van der Waals surface area contributed by atoms with Crippen LogP contribution in [0.25, 0.3) is 0 Å². The Balaban J connectivity index is 2.28. The van der Waals surface area contributed by atoms with Crippen LogP contribution in [0, 0.1) is 0 Å². The number of benzene rings is 1. The minimum absolute atomic E-state index is 0.0144. The Morgan fingerprint density at radius 1 is 1.46 bits per heavy atom. The zero-order valence-corrected chi connectivity index (χ0v) is 6.84. The second-order valence-electron chi connectivity index (χ2n) is 2.89. The molecule has 1 N–H and O–H groups in total. The van der Waals surface area contributed by atoms with Crippen LogP contribution in [0.4, 0.5) is 5.69 Å². The van der Waals surface area contributed by atoms with Crippen molar-refractivity contribution >= 4 is 11.7 Å². The number of aliphatic carboxylic acids is 1. The SMILES string of the molecule is O=C(O)CC1N=Nc2ccccc21. The highest BCUT2D eigenvalue weighted by Gasteiger charge is 2.21. The van der Waals surface area contributed by atoms with Crippen molar-refractivity contribution in [1.29, 1.82) is 0 Å². The van der Waals surface area contributed by atoms with Crippen LogP contribution in [-0.4, -0.2) is 11.1 Å².